The minimum atomic E-state index is -0.225. The van der Waals surface area contributed by atoms with Crippen molar-refractivity contribution in [2.75, 3.05) is 0 Å². The number of Topliss-reactive ketones (excluding diaryl/α,β-unsaturated/α-hetero) is 2. The van der Waals surface area contributed by atoms with Crippen molar-refractivity contribution in [1.29, 1.82) is 0 Å². The summed E-state index contributed by atoms with van der Waals surface area (Å²) in [5, 5.41) is 0. The Morgan fingerprint density at radius 1 is 1.00 bits per heavy atom. The molecular formula is C19H26O3. The van der Waals surface area contributed by atoms with E-state index in [2.05, 4.69) is 13.8 Å². The van der Waals surface area contributed by atoms with Crippen LogP contribution in [-0.2, 0) is 14.3 Å². The molecule has 1 aliphatic heterocycles. The maximum atomic E-state index is 12.5. The van der Waals surface area contributed by atoms with Crippen LogP contribution in [-0.4, -0.2) is 22.8 Å². The van der Waals surface area contributed by atoms with Gasteiger partial charge in [-0.1, -0.05) is 6.92 Å². The molecule has 0 aromatic heterocycles. The number of fused-ring (bicyclic) bond motifs is 2. The van der Waals surface area contributed by atoms with Crippen LogP contribution in [0.2, 0.25) is 0 Å². The van der Waals surface area contributed by atoms with E-state index in [1.165, 1.54) is 0 Å². The van der Waals surface area contributed by atoms with E-state index >= 15 is 0 Å². The van der Waals surface area contributed by atoms with E-state index in [9.17, 15) is 9.59 Å². The van der Waals surface area contributed by atoms with Crippen molar-refractivity contribution >= 4 is 11.6 Å². The molecular weight excluding hydrogens is 276 g/mol. The summed E-state index contributed by atoms with van der Waals surface area (Å²) in [4.78, 5) is 24.4. The minimum Gasteiger partial charge on any atom is -0.361 e. The van der Waals surface area contributed by atoms with Gasteiger partial charge in [-0.3, -0.25) is 9.59 Å². The summed E-state index contributed by atoms with van der Waals surface area (Å²) in [7, 11) is 0. The number of carbonyl (C=O) groups excluding carboxylic acids is 2. The molecule has 2 spiro atoms. The summed E-state index contributed by atoms with van der Waals surface area (Å²) in [6, 6.07) is 0. The van der Waals surface area contributed by atoms with Crippen LogP contribution >= 0.6 is 0 Å². The van der Waals surface area contributed by atoms with E-state index < -0.39 is 0 Å². The Labute approximate surface area is 132 Å². The van der Waals surface area contributed by atoms with Gasteiger partial charge >= 0.3 is 0 Å². The molecule has 0 amide bonds. The molecule has 3 nitrogen and oxygen atoms in total. The summed E-state index contributed by atoms with van der Waals surface area (Å²) in [6.07, 6.45) is 8.53. The summed E-state index contributed by atoms with van der Waals surface area (Å²) >= 11 is 0. The van der Waals surface area contributed by atoms with E-state index in [-0.39, 0.29) is 22.0 Å². The van der Waals surface area contributed by atoms with Crippen LogP contribution in [0.25, 0.3) is 0 Å². The molecule has 1 heterocycles. The fourth-order valence-electron chi connectivity index (χ4n) is 7.35. The first-order valence-corrected chi connectivity index (χ1v) is 9.13. The molecule has 4 aliphatic carbocycles. The minimum absolute atomic E-state index is 0.0300. The molecule has 1 saturated heterocycles. The predicted molar refractivity (Wildman–Crippen MR) is 81.3 cm³/mol. The Balaban J connectivity index is 1.57. The molecule has 120 valence electrons. The van der Waals surface area contributed by atoms with Crippen molar-refractivity contribution < 1.29 is 14.3 Å². The Bertz CT molecular complexity index is 597. The quantitative estimate of drug-likeness (QED) is 0.644. The maximum Gasteiger partial charge on any atom is 0.141 e. The average molecular weight is 302 g/mol. The third-order valence-electron chi connectivity index (χ3n) is 8.71. The summed E-state index contributed by atoms with van der Waals surface area (Å²) in [5.41, 5.74) is -0.146. The molecule has 5 rings (SSSR count). The lowest BCUT2D eigenvalue weighted by molar-refractivity contribution is -0.134. The number of epoxide rings is 1. The predicted octanol–water partition coefficient (Wildman–Crippen LogP) is 3.44. The zero-order valence-corrected chi connectivity index (χ0v) is 13.7. The van der Waals surface area contributed by atoms with E-state index in [1.807, 2.05) is 0 Å². The van der Waals surface area contributed by atoms with Crippen molar-refractivity contribution in [2.24, 2.45) is 22.7 Å². The number of hydrogen-bond acceptors (Lipinski definition) is 3. The summed E-state index contributed by atoms with van der Waals surface area (Å²) < 4.78 is 6.59. The average Bonchev–Trinajstić information content (AvgIpc) is 3.09. The smallest absolute Gasteiger partial charge is 0.141 e. The highest BCUT2D eigenvalue weighted by atomic mass is 16.6. The van der Waals surface area contributed by atoms with Gasteiger partial charge in [0.15, 0.2) is 0 Å². The summed E-state index contributed by atoms with van der Waals surface area (Å²) in [6.45, 7) is 4.59. The van der Waals surface area contributed by atoms with Gasteiger partial charge in [-0.15, -0.1) is 0 Å². The molecule has 0 aromatic carbocycles. The number of ketones is 2. The van der Waals surface area contributed by atoms with Crippen LogP contribution in [0.3, 0.4) is 0 Å². The van der Waals surface area contributed by atoms with Gasteiger partial charge < -0.3 is 4.74 Å². The maximum absolute atomic E-state index is 12.5. The molecule has 5 fully saturated rings. The second kappa shape index (κ2) is 3.68. The zero-order chi connectivity index (χ0) is 15.4. The Kier molecular flexibility index (Phi) is 2.30. The first-order chi connectivity index (χ1) is 10.4. The van der Waals surface area contributed by atoms with Crippen LogP contribution in [0.5, 0.6) is 0 Å². The number of rotatable bonds is 0. The summed E-state index contributed by atoms with van der Waals surface area (Å²) in [5.74, 6) is 2.01. The largest absolute Gasteiger partial charge is 0.361 e. The van der Waals surface area contributed by atoms with Crippen molar-refractivity contribution in [2.45, 2.75) is 82.8 Å². The monoisotopic (exact) mass is 302 g/mol. The highest BCUT2D eigenvalue weighted by Crippen LogP contribution is 2.79. The SMILES string of the molecule is C[C@]12CCC(=O)C[C@@H]1CC[C@@]13O[C@]14CCC(=O)[C@@]4(C)CC[C@H]23. The Morgan fingerprint density at radius 3 is 2.64 bits per heavy atom. The molecule has 22 heavy (non-hydrogen) atoms. The highest BCUT2D eigenvalue weighted by Gasteiger charge is 2.86. The third-order valence-corrected chi connectivity index (χ3v) is 8.71. The van der Waals surface area contributed by atoms with E-state index in [4.69, 9.17) is 4.74 Å². The normalized spacial score (nSPS) is 59.4. The van der Waals surface area contributed by atoms with Crippen molar-refractivity contribution in [1.82, 2.24) is 0 Å². The molecule has 0 N–H and O–H groups in total. The third kappa shape index (κ3) is 1.20. The Morgan fingerprint density at radius 2 is 1.82 bits per heavy atom. The van der Waals surface area contributed by atoms with Crippen molar-refractivity contribution in [3.8, 4) is 0 Å². The lowest BCUT2D eigenvalue weighted by atomic mass is 9.45. The molecule has 3 heteroatoms. The van der Waals surface area contributed by atoms with Crippen LogP contribution in [0, 0.1) is 22.7 Å². The van der Waals surface area contributed by atoms with Gasteiger partial charge in [0.1, 0.15) is 22.8 Å². The second-order valence-electron chi connectivity index (χ2n) is 9.15. The van der Waals surface area contributed by atoms with Crippen molar-refractivity contribution in [3.05, 3.63) is 0 Å². The van der Waals surface area contributed by atoms with Crippen LogP contribution in [0.1, 0.15) is 71.6 Å². The Hall–Kier alpha value is -0.700. The topological polar surface area (TPSA) is 46.7 Å². The van der Waals surface area contributed by atoms with Gasteiger partial charge in [-0.25, -0.2) is 0 Å². The zero-order valence-electron chi connectivity index (χ0n) is 13.7. The van der Waals surface area contributed by atoms with Gasteiger partial charge in [0.2, 0.25) is 0 Å². The van der Waals surface area contributed by atoms with E-state index in [1.54, 1.807) is 0 Å². The molecule has 4 saturated carbocycles. The first-order valence-electron chi connectivity index (χ1n) is 9.13. The molecule has 0 radical (unpaired) electrons. The molecule has 5 aliphatic rings. The number of carbonyl (C=O) groups is 2. The molecule has 0 unspecified atom stereocenters. The number of ether oxygens (including phenoxy) is 1. The fraction of sp³-hybridized carbons (Fsp3) is 0.895. The first kappa shape index (κ1) is 13.7. The van der Waals surface area contributed by atoms with Gasteiger partial charge in [0.05, 0.1) is 5.41 Å². The number of hydrogen-bond donors (Lipinski definition) is 0. The second-order valence-corrected chi connectivity index (χ2v) is 9.15. The fourth-order valence-corrected chi connectivity index (χ4v) is 7.35. The van der Waals surface area contributed by atoms with Crippen LogP contribution in [0.15, 0.2) is 0 Å². The lowest BCUT2D eigenvalue weighted by Gasteiger charge is -2.56. The van der Waals surface area contributed by atoms with Crippen molar-refractivity contribution in [3.63, 3.8) is 0 Å². The molecule has 0 aromatic rings. The van der Waals surface area contributed by atoms with E-state index in [0.29, 0.717) is 29.8 Å². The molecule has 0 bridgehead atoms. The standard InChI is InChI=1S/C19H26O3/c1-16-7-4-13(20)11-12(16)3-9-18-14(16)5-8-17(2)15(21)6-10-19(17,18)22-18/h12,14H,3-11H2,1-2H3/t12-,14+,16-,17+,18-,19-/m0/s1. The van der Waals surface area contributed by atoms with Gasteiger partial charge in [0, 0.05) is 19.3 Å². The lowest BCUT2D eigenvalue weighted by Crippen LogP contribution is -2.58. The molecule has 6 atom stereocenters. The van der Waals surface area contributed by atoms with E-state index in [0.717, 1.165) is 51.4 Å². The van der Waals surface area contributed by atoms with Crippen LogP contribution in [0.4, 0.5) is 0 Å². The van der Waals surface area contributed by atoms with Gasteiger partial charge in [-0.05, 0) is 62.7 Å². The van der Waals surface area contributed by atoms with Gasteiger partial charge in [0.25, 0.3) is 0 Å². The van der Waals surface area contributed by atoms with Crippen LogP contribution < -0.4 is 0 Å². The highest BCUT2D eigenvalue weighted by molar-refractivity contribution is 5.90. The van der Waals surface area contributed by atoms with Gasteiger partial charge in [-0.2, -0.15) is 0 Å².